The van der Waals surface area contributed by atoms with Crippen LogP contribution in [0, 0.1) is 20.2 Å². The number of nitrogens with zero attached hydrogens (tertiary/aromatic N) is 2. The highest BCUT2D eigenvalue weighted by Crippen LogP contribution is 2.31. The van der Waals surface area contributed by atoms with Gasteiger partial charge in [-0.1, -0.05) is 0 Å². The molecule has 15 heteroatoms. The number of esters is 2. The normalized spacial score (nSPS) is 12.2. The molecule has 2 heterocycles. The second-order valence-corrected chi connectivity index (χ2v) is 8.79. The molecule has 0 radical (unpaired) electrons. The Balaban J connectivity index is 0.000000183. The molecule has 228 valence electrons. The lowest BCUT2D eigenvalue weighted by molar-refractivity contribution is -0.385. The van der Waals surface area contributed by atoms with Gasteiger partial charge in [0.15, 0.2) is 6.29 Å². The van der Waals surface area contributed by atoms with Crippen molar-refractivity contribution in [1.82, 2.24) is 0 Å². The minimum Gasteiger partial charge on any atom is -0.507 e. The Morgan fingerprint density at radius 3 is 1.77 bits per heavy atom. The van der Waals surface area contributed by atoms with Crippen molar-refractivity contribution >= 4 is 47.4 Å². The highest BCUT2D eigenvalue weighted by molar-refractivity contribution is 5.96. The van der Waals surface area contributed by atoms with Gasteiger partial charge in [-0.3, -0.25) is 25.0 Å². The first-order valence-electron chi connectivity index (χ1n) is 12.4. The van der Waals surface area contributed by atoms with Crippen LogP contribution in [0.15, 0.2) is 65.7 Å². The van der Waals surface area contributed by atoms with Gasteiger partial charge in [-0.2, -0.15) is 0 Å². The zero-order valence-corrected chi connectivity index (χ0v) is 23.3. The number of nitrogens with two attached hydrogens (primary N) is 1. The van der Waals surface area contributed by atoms with Crippen LogP contribution in [0.4, 0.5) is 17.1 Å². The molecule has 0 aliphatic carbocycles. The minimum atomic E-state index is -0.645. The molecule has 0 unspecified atom stereocenters. The summed E-state index contributed by atoms with van der Waals surface area (Å²) in [6.45, 7) is 0.282. The van der Waals surface area contributed by atoms with Gasteiger partial charge in [0.05, 0.1) is 52.9 Å². The molecule has 0 fully saturated rings. The quantitative estimate of drug-likeness (QED) is 0.138. The minimum absolute atomic E-state index is 0.0422. The number of nitro groups is 2. The Bertz CT molecular complexity index is 1680. The summed E-state index contributed by atoms with van der Waals surface area (Å²) < 4.78 is 19.9. The molecule has 15 nitrogen and oxygen atoms in total. The van der Waals surface area contributed by atoms with Crippen LogP contribution in [-0.2, 0) is 19.1 Å². The van der Waals surface area contributed by atoms with E-state index < -0.39 is 15.8 Å². The van der Waals surface area contributed by atoms with Crippen molar-refractivity contribution in [3.63, 3.8) is 0 Å². The standard InChI is InChI=1S/C11H9NO5.C11H11NO3.C7H5NO4/c1-16-11(13)8-4-7-2-3-9(12(14)15)5-10(7)17-6-8;1-14-11(13)8-4-7-2-3-9(12)5-10(7)15-6-8;9-4-5-1-2-6(8(11)12)3-7(5)10/h2-5H,6H2,1H3;2-5H,6,12H2,1H3;1-4,10H. The number of nitro benzene ring substituents is 2. The monoisotopic (exact) mass is 607 g/mol. The van der Waals surface area contributed by atoms with E-state index in [1.807, 2.05) is 6.07 Å². The Kier molecular flexibility index (Phi) is 10.7. The van der Waals surface area contributed by atoms with Gasteiger partial charge >= 0.3 is 11.9 Å². The van der Waals surface area contributed by atoms with E-state index >= 15 is 0 Å². The zero-order valence-electron chi connectivity index (χ0n) is 23.3. The number of non-ortho nitro benzene ring substituents is 2. The van der Waals surface area contributed by atoms with Gasteiger partial charge in [-0.15, -0.1) is 0 Å². The average Bonchev–Trinajstić information content (AvgIpc) is 3.03. The van der Waals surface area contributed by atoms with Crippen molar-refractivity contribution < 1.29 is 48.3 Å². The van der Waals surface area contributed by atoms with E-state index in [-0.39, 0.29) is 41.9 Å². The molecule has 3 aromatic carbocycles. The second-order valence-electron chi connectivity index (χ2n) is 8.79. The molecular formula is C29H25N3O12. The maximum Gasteiger partial charge on any atom is 0.337 e. The molecule has 5 rings (SSSR count). The van der Waals surface area contributed by atoms with E-state index in [2.05, 4.69) is 9.47 Å². The van der Waals surface area contributed by atoms with Crippen molar-refractivity contribution in [3.05, 3.63) is 103 Å². The topological polar surface area (TPSA) is 221 Å². The first-order valence-corrected chi connectivity index (χ1v) is 12.4. The number of hydrogen-bond acceptors (Lipinski definition) is 13. The number of methoxy groups -OCH3 is 2. The summed E-state index contributed by atoms with van der Waals surface area (Å²) in [7, 11) is 2.64. The van der Waals surface area contributed by atoms with E-state index in [0.29, 0.717) is 40.2 Å². The van der Waals surface area contributed by atoms with Crippen molar-refractivity contribution in [2.75, 3.05) is 33.2 Å². The highest BCUT2D eigenvalue weighted by Gasteiger charge is 2.20. The number of nitrogen functional groups attached to an aromatic ring is 1. The molecule has 0 bridgehead atoms. The third kappa shape index (κ3) is 8.16. The number of anilines is 1. The Hall–Kier alpha value is -6.25. The van der Waals surface area contributed by atoms with Crippen LogP contribution in [0.3, 0.4) is 0 Å². The number of rotatable bonds is 5. The molecular weight excluding hydrogens is 582 g/mol. The molecule has 44 heavy (non-hydrogen) atoms. The lowest BCUT2D eigenvalue weighted by Crippen LogP contribution is -2.16. The van der Waals surface area contributed by atoms with Crippen LogP contribution < -0.4 is 15.2 Å². The number of carbonyl (C=O) groups is 3. The number of aromatic hydroxyl groups is 1. The first-order chi connectivity index (χ1) is 21.0. The lowest BCUT2D eigenvalue weighted by Gasteiger charge is -2.16. The molecule has 0 aromatic heterocycles. The predicted octanol–water partition coefficient (Wildman–Crippen LogP) is 3.87. The molecule has 2 aliphatic rings. The zero-order chi connectivity index (χ0) is 32.4. The van der Waals surface area contributed by atoms with E-state index in [1.54, 1.807) is 24.3 Å². The van der Waals surface area contributed by atoms with Gasteiger partial charge in [0.2, 0.25) is 0 Å². The van der Waals surface area contributed by atoms with Crippen molar-refractivity contribution in [3.8, 4) is 17.2 Å². The van der Waals surface area contributed by atoms with E-state index in [9.17, 15) is 34.6 Å². The lowest BCUT2D eigenvalue weighted by atomic mass is 10.1. The average molecular weight is 608 g/mol. The summed E-state index contributed by atoms with van der Waals surface area (Å²) in [5, 5.41) is 29.7. The highest BCUT2D eigenvalue weighted by atomic mass is 16.6. The summed E-state index contributed by atoms with van der Waals surface area (Å²) in [4.78, 5) is 52.3. The molecule has 3 aromatic rings. The fourth-order valence-electron chi connectivity index (χ4n) is 3.69. The summed E-state index contributed by atoms with van der Waals surface area (Å²) in [6, 6.07) is 12.8. The van der Waals surface area contributed by atoms with Crippen LogP contribution in [0.2, 0.25) is 0 Å². The molecule has 0 saturated heterocycles. The van der Waals surface area contributed by atoms with Gasteiger partial charge in [-0.05, 0) is 36.4 Å². The number of phenolic OH excluding ortho intramolecular Hbond substituents is 1. The molecule has 0 saturated carbocycles. The number of phenols is 1. The maximum absolute atomic E-state index is 11.3. The smallest absolute Gasteiger partial charge is 0.337 e. The van der Waals surface area contributed by atoms with Gasteiger partial charge < -0.3 is 29.8 Å². The second kappa shape index (κ2) is 14.6. The van der Waals surface area contributed by atoms with Crippen LogP contribution in [0.1, 0.15) is 21.5 Å². The number of benzene rings is 3. The van der Waals surface area contributed by atoms with Gasteiger partial charge in [0.1, 0.15) is 30.5 Å². The van der Waals surface area contributed by atoms with Gasteiger partial charge in [-0.25, -0.2) is 9.59 Å². The van der Waals surface area contributed by atoms with Crippen molar-refractivity contribution in [2.45, 2.75) is 0 Å². The fraction of sp³-hybridized carbons (Fsp3) is 0.138. The van der Waals surface area contributed by atoms with E-state index in [1.165, 1.54) is 38.5 Å². The first kappa shape index (κ1) is 32.3. The molecule has 2 aliphatic heterocycles. The molecule has 0 amide bonds. The van der Waals surface area contributed by atoms with Crippen LogP contribution in [0.5, 0.6) is 17.2 Å². The van der Waals surface area contributed by atoms with Crippen molar-refractivity contribution in [1.29, 1.82) is 0 Å². The number of aldehydes is 1. The number of ether oxygens (including phenoxy) is 4. The fourth-order valence-corrected chi connectivity index (χ4v) is 3.69. The SMILES string of the molecule is COC(=O)C1=Cc2ccc(N)cc2OC1.COC(=O)C1=Cc2ccc([N+](=O)[O-])cc2OC1.O=Cc1ccc([N+](=O)[O-])cc1O. The van der Waals surface area contributed by atoms with Crippen LogP contribution in [-0.4, -0.2) is 60.6 Å². The maximum atomic E-state index is 11.3. The summed E-state index contributed by atoms with van der Waals surface area (Å²) in [5.41, 5.74) is 8.38. The third-order valence-corrected chi connectivity index (χ3v) is 5.92. The number of hydrogen-bond donors (Lipinski definition) is 2. The Labute approximate surface area is 249 Å². The Morgan fingerprint density at radius 1 is 0.818 bits per heavy atom. The summed E-state index contributed by atoms with van der Waals surface area (Å²) in [5.74, 6) is -0.111. The summed E-state index contributed by atoms with van der Waals surface area (Å²) >= 11 is 0. The Morgan fingerprint density at radius 2 is 1.30 bits per heavy atom. The summed E-state index contributed by atoms with van der Waals surface area (Å²) in [6.07, 6.45) is 3.79. The van der Waals surface area contributed by atoms with Gasteiger partial charge in [0.25, 0.3) is 11.4 Å². The predicted molar refractivity (Wildman–Crippen MR) is 155 cm³/mol. The molecule has 0 atom stereocenters. The van der Waals surface area contributed by atoms with E-state index in [0.717, 1.165) is 17.7 Å². The molecule has 0 spiro atoms. The largest absolute Gasteiger partial charge is 0.507 e. The van der Waals surface area contributed by atoms with E-state index in [4.69, 9.17) is 20.3 Å². The number of carbonyl (C=O) groups excluding carboxylic acids is 3. The number of fused-ring (bicyclic) bond motifs is 2. The third-order valence-electron chi connectivity index (χ3n) is 5.92. The molecule has 3 N–H and O–H groups in total. The van der Waals surface area contributed by atoms with Crippen molar-refractivity contribution in [2.24, 2.45) is 0 Å². The van der Waals surface area contributed by atoms with Gasteiger partial charge in [0, 0.05) is 35.0 Å². The van der Waals surface area contributed by atoms with Crippen LogP contribution >= 0.6 is 0 Å². The van der Waals surface area contributed by atoms with Crippen LogP contribution in [0.25, 0.3) is 12.2 Å².